The van der Waals surface area contributed by atoms with Gasteiger partial charge in [0.1, 0.15) is 9.84 Å². The molecule has 0 bridgehead atoms. The first-order valence-electron chi connectivity index (χ1n) is 6.15. The summed E-state index contributed by atoms with van der Waals surface area (Å²) in [6.45, 7) is 11.1. The van der Waals surface area contributed by atoms with Crippen molar-refractivity contribution >= 4 is 9.84 Å². The van der Waals surface area contributed by atoms with Crippen molar-refractivity contribution in [2.45, 2.75) is 46.3 Å². The van der Waals surface area contributed by atoms with Crippen molar-refractivity contribution in [3.05, 3.63) is 41.2 Å². The van der Waals surface area contributed by atoms with E-state index in [0.717, 1.165) is 5.57 Å². The Morgan fingerprint density at radius 1 is 1.06 bits per heavy atom. The summed E-state index contributed by atoms with van der Waals surface area (Å²) in [5.74, 6) is 0. The molecule has 102 valence electrons. The van der Waals surface area contributed by atoms with Gasteiger partial charge in [0.25, 0.3) is 0 Å². The first kappa shape index (κ1) is 15.1. The quantitative estimate of drug-likeness (QED) is 0.677. The zero-order valence-corrected chi connectivity index (χ0v) is 12.9. The first-order chi connectivity index (χ1) is 7.98. The molecule has 0 aromatic heterocycles. The Morgan fingerprint density at radius 3 is 1.94 bits per heavy atom. The van der Waals surface area contributed by atoms with Gasteiger partial charge in [-0.1, -0.05) is 20.8 Å². The molecule has 0 saturated carbocycles. The summed E-state index contributed by atoms with van der Waals surface area (Å²) in [6.07, 6.45) is 9.37. The van der Waals surface area contributed by atoms with Crippen molar-refractivity contribution in [2.24, 2.45) is 5.41 Å². The van der Waals surface area contributed by atoms with Gasteiger partial charge < -0.3 is 0 Å². The fourth-order valence-electron chi connectivity index (χ4n) is 1.89. The van der Waals surface area contributed by atoms with Crippen LogP contribution >= 0.6 is 0 Å². The fraction of sp³-hybridized carbons (Fsp3) is 0.533. The summed E-state index contributed by atoms with van der Waals surface area (Å²) in [6, 6.07) is 0. The van der Waals surface area contributed by atoms with Crippen LogP contribution in [0.15, 0.2) is 34.8 Å². The number of rotatable bonds is 1. The van der Waals surface area contributed by atoms with Gasteiger partial charge in [0.05, 0.1) is 4.75 Å². The lowest BCUT2D eigenvalue weighted by atomic mass is 9.91. The second kappa shape index (κ2) is 4.61. The zero-order valence-electron chi connectivity index (χ0n) is 12.1. The van der Waals surface area contributed by atoms with Crippen molar-refractivity contribution in [1.29, 1.82) is 0 Å². The Morgan fingerprint density at radius 2 is 1.61 bits per heavy atom. The molecule has 0 saturated heterocycles. The summed E-state index contributed by atoms with van der Waals surface area (Å²) < 4.78 is 24.7. The third-order valence-corrected chi connectivity index (χ3v) is 5.79. The van der Waals surface area contributed by atoms with Crippen LogP contribution in [-0.2, 0) is 9.84 Å². The third-order valence-electron chi connectivity index (χ3n) is 2.79. The molecule has 0 atom stereocenters. The molecule has 0 amide bonds. The summed E-state index contributed by atoms with van der Waals surface area (Å²) in [5.41, 5.74) is 0.382. The van der Waals surface area contributed by atoms with E-state index in [4.69, 9.17) is 0 Å². The Labute approximate surface area is 111 Å². The van der Waals surface area contributed by atoms with E-state index in [1.54, 1.807) is 20.8 Å². The molecule has 18 heavy (non-hydrogen) atoms. The van der Waals surface area contributed by atoms with Crippen molar-refractivity contribution in [3.8, 4) is 0 Å². The molecule has 0 aliphatic heterocycles. The summed E-state index contributed by atoms with van der Waals surface area (Å²) >= 11 is 0. The standard InChI is InChI=1S/C15H23O2S/c1-14(2,3)13(12-10-8-7-9-11-12)18(16,17)15(4,5)6/h7-11H,1-6H3/q-1. The van der Waals surface area contributed by atoms with Crippen molar-refractivity contribution < 1.29 is 8.42 Å². The second-order valence-corrected chi connectivity index (χ2v) is 9.20. The highest BCUT2D eigenvalue weighted by atomic mass is 32.2. The maximum atomic E-state index is 12.8. The molecule has 3 heteroatoms. The lowest BCUT2D eigenvalue weighted by Gasteiger charge is -2.35. The molecular formula is C15H23O2S-. The lowest BCUT2D eigenvalue weighted by Crippen LogP contribution is -2.34. The van der Waals surface area contributed by atoms with Crippen LogP contribution < -0.4 is 0 Å². The average molecular weight is 267 g/mol. The molecule has 0 aromatic carbocycles. The molecule has 0 spiro atoms. The van der Waals surface area contributed by atoms with Gasteiger partial charge in [-0.15, -0.1) is 36.3 Å². The van der Waals surface area contributed by atoms with Crippen LogP contribution in [-0.4, -0.2) is 13.2 Å². The van der Waals surface area contributed by atoms with E-state index in [1.807, 2.05) is 51.5 Å². The van der Waals surface area contributed by atoms with Crippen LogP contribution in [0.3, 0.4) is 0 Å². The molecule has 0 fully saturated rings. The highest BCUT2D eigenvalue weighted by molar-refractivity contribution is 7.96. The van der Waals surface area contributed by atoms with Gasteiger partial charge in [-0.05, 0) is 31.1 Å². The van der Waals surface area contributed by atoms with Crippen LogP contribution in [0.4, 0.5) is 0 Å². The molecule has 1 aliphatic rings. The number of hydrogen-bond donors (Lipinski definition) is 0. The van der Waals surface area contributed by atoms with Crippen molar-refractivity contribution in [2.75, 3.05) is 0 Å². The third kappa shape index (κ3) is 2.89. The van der Waals surface area contributed by atoms with E-state index in [-0.39, 0.29) is 0 Å². The van der Waals surface area contributed by atoms with Gasteiger partial charge in [0.15, 0.2) is 0 Å². The van der Waals surface area contributed by atoms with Crippen molar-refractivity contribution in [3.63, 3.8) is 0 Å². The zero-order chi connectivity index (χ0) is 14.2. The Balaban J connectivity index is 3.53. The molecule has 0 radical (unpaired) electrons. The molecule has 1 aliphatic carbocycles. The molecule has 0 N–H and O–H groups in total. The minimum atomic E-state index is -3.33. The molecule has 2 nitrogen and oxygen atoms in total. The Hall–Kier alpha value is -0.960. The predicted molar refractivity (Wildman–Crippen MR) is 77.7 cm³/mol. The predicted octanol–water partition coefficient (Wildman–Crippen LogP) is 3.83. The van der Waals surface area contributed by atoms with Crippen LogP contribution in [0.25, 0.3) is 0 Å². The van der Waals surface area contributed by atoms with E-state index < -0.39 is 20.0 Å². The highest BCUT2D eigenvalue weighted by Gasteiger charge is 2.36. The van der Waals surface area contributed by atoms with Crippen LogP contribution in [0, 0.1) is 11.8 Å². The summed E-state index contributed by atoms with van der Waals surface area (Å²) in [7, 11) is -3.33. The van der Waals surface area contributed by atoms with E-state index in [1.165, 1.54) is 0 Å². The maximum absolute atomic E-state index is 12.8. The number of allylic oxidation sites excluding steroid dienone is 6. The van der Waals surface area contributed by atoms with Crippen LogP contribution in [0.5, 0.6) is 0 Å². The van der Waals surface area contributed by atoms with Gasteiger partial charge in [-0.25, -0.2) is 8.42 Å². The Kier molecular flexibility index (Phi) is 3.87. The largest absolute Gasteiger partial charge is 0.233 e. The summed E-state index contributed by atoms with van der Waals surface area (Å²) in [5, 5.41) is 0. The minimum absolute atomic E-state index is 0.409. The minimum Gasteiger partial charge on any atom is -0.233 e. The molecule has 0 unspecified atom stereocenters. The Bertz CT molecular complexity index is 504. The van der Waals surface area contributed by atoms with Gasteiger partial charge >= 0.3 is 0 Å². The average Bonchev–Trinajstić information content (AvgIpc) is 2.14. The molecule has 0 heterocycles. The fourth-order valence-corrected chi connectivity index (χ4v) is 3.75. The van der Waals surface area contributed by atoms with Gasteiger partial charge in [-0.2, -0.15) is 0 Å². The van der Waals surface area contributed by atoms with E-state index in [9.17, 15) is 8.42 Å². The molecule has 0 aromatic rings. The smallest absolute Gasteiger partial charge is 0.146 e. The van der Waals surface area contributed by atoms with E-state index >= 15 is 0 Å². The topological polar surface area (TPSA) is 34.1 Å². The van der Waals surface area contributed by atoms with Gasteiger partial charge in [0, 0.05) is 0 Å². The SMILES string of the molecule is CC(C)(C)/C(=C1\C=CC=C[CH-]1)S(=O)(=O)C(C)(C)C. The van der Waals surface area contributed by atoms with E-state index in [0.29, 0.717) is 4.91 Å². The lowest BCUT2D eigenvalue weighted by molar-refractivity contribution is 0.499. The van der Waals surface area contributed by atoms with E-state index in [2.05, 4.69) is 0 Å². The molecule has 1 rings (SSSR count). The number of sulfone groups is 1. The van der Waals surface area contributed by atoms with Crippen LogP contribution in [0.2, 0.25) is 0 Å². The van der Waals surface area contributed by atoms with Crippen molar-refractivity contribution in [1.82, 2.24) is 0 Å². The second-order valence-electron chi connectivity index (χ2n) is 6.56. The van der Waals surface area contributed by atoms with Crippen LogP contribution in [0.1, 0.15) is 41.5 Å². The number of hydrogen-bond acceptors (Lipinski definition) is 2. The highest BCUT2D eigenvalue weighted by Crippen LogP contribution is 2.39. The normalized spacial score (nSPS) is 19.7. The molecular weight excluding hydrogens is 244 g/mol. The summed E-state index contributed by atoms with van der Waals surface area (Å²) in [4.78, 5) is 0.517. The first-order valence-corrected chi connectivity index (χ1v) is 7.64. The maximum Gasteiger partial charge on any atom is 0.146 e. The van der Waals surface area contributed by atoms with Gasteiger partial charge in [-0.3, -0.25) is 0 Å². The monoisotopic (exact) mass is 267 g/mol. The van der Waals surface area contributed by atoms with Gasteiger partial charge in [0.2, 0.25) is 0 Å².